The Bertz CT molecular complexity index is 191. The van der Waals surface area contributed by atoms with Crippen LogP contribution in [0.1, 0.15) is 71.1 Å². The zero-order valence-corrected chi connectivity index (χ0v) is 12.3. The van der Waals surface area contributed by atoms with Gasteiger partial charge in [0.15, 0.2) is 0 Å². The summed E-state index contributed by atoms with van der Waals surface area (Å²) in [5.74, 6) is -0.918. The molecule has 17 heavy (non-hydrogen) atoms. The van der Waals surface area contributed by atoms with Gasteiger partial charge in [0, 0.05) is 5.97 Å². The van der Waals surface area contributed by atoms with Crippen molar-refractivity contribution in [2.24, 2.45) is 0 Å². The normalized spacial score (nSPS) is 10.4. The second-order valence-electron chi connectivity index (χ2n) is 4.29. The maximum Gasteiger partial charge on any atom is 1.00 e. The van der Waals surface area contributed by atoms with Crippen LogP contribution in [0.4, 0.5) is 0 Å². The van der Waals surface area contributed by atoms with Gasteiger partial charge in [-0.25, -0.2) is 0 Å². The van der Waals surface area contributed by atoms with Gasteiger partial charge in [-0.05, 0) is 32.1 Å². The average molecular weight is 333 g/mol. The van der Waals surface area contributed by atoms with Crippen LogP contribution in [0.3, 0.4) is 0 Å². The molecule has 0 bridgehead atoms. The molecule has 0 aliphatic carbocycles. The second kappa shape index (κ2) is 16.0. The van der Waals surface area contributed by atoms with Crippen molar-refractivity contribution in [1.29, 1.82) is 0 Å². The van der Waals surface area contributed by atoms with Gasteiger partial charge in [0.2, 0.25) is 0 Å². The Labute approximate surface area is 121 Å². The van der Waals surface area contributed by atoms with E-state index in [9.17, 15) is 9.90 Å². The van der Waals surface area contributed by atoms with Gasteiger partial charge >= 0.3 is 22.4 Å². The first kappa shape index (κ1) is 19.3. The molecule has 104 valence electrons. The average Bonchev–Trinajstić information content (AvgIpc) is 2.25. The summed E-state index contributed by atoms with van der Waals surface area (Å²) in [7, 11) is 0. The first-order chi connectivity index (χ1) is 7.77. The minimum absolute atomic E-state index is 0. The Morgan fingerprint density at radius 2 is 1.47 bits per heavy atom. The van der Waals surface area contributed by atoms with Gasteiger partial charge in [0.05, 0.1) is 0 Å². The van der Waals surface area contributed by atoms with E-state index in [1.807, 2.05) is 0 Å². The number of allylic oxidation sites excluding steroid dienone is 2. The van der Waals surface area contributed by atoms with Gasteiger partial charge < -0.3 is 9.90 Å². The molecule has 0 amide bonds. The topological polar surface area (TPSA) is 40.1 Å². The second-order valence-corrected chi connectivity index (χ2v) is 4.29. The SMILES string of the molecule is CCCC/C=C\CCCCCCCC(=O)[O-].[Ag+]. The van der Waals surface area contributed by atoms with E-state index in [0.717, 1.165) is 19.3 Å². The van der Waals surface area contributed by atoms with E-state index >= 15 is 0 Å². The van der Waals surface area contributed by atoms with Crippen molar-refractivity contribution in [3.05, 3.63) is 12.2 Å². The molecule has 0 fully saturated rings. The number of hydrogen-bond acceptors (Lipinski definition) is 2. The zero-order chi connectivity index (χ0) is 12.1. The summed E-state index contributed by atoms with van der Waals surface area (Å²) in [4.78, 5) is 10.1. The van der Waals surface area contributed by atoms with Crippen molar-refractivity contribution in [3.8, 4) is 0 Å². The number of hydrogen-bond donors (Lipinski definition) is 0. The minimum atomic E-state index is -0.918. The van der Waals surface area contributed by atoms with Gasteiger partial charge in [0.25, 0.3) is 0 Å². The molecule has 0 saturated heterocycles. The molecule has 0 radical (unpaired) electrons. The Balaban J connectivity index is 0. The standard InChI is InChI=1S/C14H26O2.Ag/c1-2-3-4-5-6-7-8-9-10-11-12-13-14(15)16;/h5-6H,2-4,7-13H2,1H3,(H,15,16);/q;+1/p-1/b6-5-;. The summed E-state index contributed by atoms with van der Waals surface area (Å²) in [5, 5.41) is 10.1. The summed E-state index contributed by atoms with van der Waals surface area (Å²) >= 11 is 0. The van der Waals surface area contributed by atoms with Crippen LogP contribution >= 0.6 is 0 Å². The van der Waals surface area contributed by atoms with Crippen molar-refractivity contribution in [1.82, 2.24) is 0 Å². The van der Waals surface area contributed by atoms with Crippen LogP contribution in [0.2, 0.25) is 0 Å². The molecule has 0 saturated carbocycles. The molecule has 0 aromatic heterocycles. The predicted molar refractivity (Wildman–Crippen MR) is 66.0 cm³/mol. The van der Waals surface area contributed by atoms with Crippen molar-refractivity contribution >= 4 is 5.97 Å². The summed E-state index contributed by atoms with van der Waals surface area (Å²) in [6.45, 7) is 2.21. The monoisotopic (exact) mass is 332 g/mol. The molecule has 0 atom stereocenters. The Kier molecular flexibility index (Phi) is 18.1. The number of carbonyl (C=O) groups is 1. The number of unbranched alkanes of at least 4 members (excludes halogenated alkanes) is 7. The third-order valence-corrected chi connectivity index (χ3v) is 2.64. The fourth-order valence-corrected chi connectivity index (χ4v) is 1.62. The number of carboxylic acid groups (broad SMARTS) is 1. The van der Waals surface area contributed by atoms with Crippen molar-refractivity contribution < 1.29 is 32.3 Å². The molecule has 0 unspecified atom stereocenters. The first-order valence-electron chi connectivity index (χ1n) is 6.62. The quantitative estimate of drug-likeness (QED) is 0.331. The first-order valence-corrected chi connectivity index (χ1v) is 6.62. The summed E-state index contributed by atoms with van der Waals surface area (Å²) in [6.07, 6.45) is 15.1. The summed E-state index contributed by atoms with van der Waals surface area (Å²) < 4.78 is 0. The van der Waals surface area contributed by atoms with Crippen LogP contribution in [-0.4, -0.2) is 5.97 Å². The van der Waals surface area contributed by atoms with Gasteiger partial charge in [-0.3, -0.25) is 0 Å². The predicted octanol–water partition coefficient (Wildman–Crippen LogP) is 3.21. The third kappa shape index (κ3) is 18.5. The molecule has 0 heterocycles. The van der Waals surface area contributed by atoms with E-state index < -0.39 is 5.97 Å². The Morgan fingerprint density at radius 3 is 2.06 bits per heavy atom. The largest absolute Gasteiger partial charge is 1.00 e. The molecular weight excluding hydrogens is 308 g/mol. The molecular formula is C14H25AgO2. The zero-order valence-electron chi connectivity index (χ0n) is 10.8. The van der Waals surface area contributed by atoms with Crippen LogP contribution in [0.5, 0.6) is 0 Å². The summed E-state index contributed by atoms with van der Waals surface area (Å²) in [5.41, 5.74) is 0. The van der Waals surface area contributed by atoms with E-state index in [-0.39, 0.29) is 28.8 Å². The number of carbonyl (C=O) groups excluding carboxylic acids is 1. The van der Waals surface area contributed by atoms with Crippen molar-refractivity contribution in [2.75, 3.05) is 0 Å². The van der Waals surface area contributed by atoms with Crippen LogP contribution in [0, 0.1) is 0 Å². The van der Waals surface area contributed by atoms with Gasteiger partial charge in [-0.1, -0.05) is 51.2 Å². The molecule has 0 aromatic rings. The van der Waals surface area contributed by atoms with E-state index in [4.69, 9.17) is 0 Å². The number of carboxylic acids is 1. The molecule has 0 aromatic carbocycles. The van der Waals surface area contributed by atoms with E-state index in [0.29, 0.717) is 0 Å². The van der Waals surface area contributed by atoms with Crippen molar-refractivity contribution in [3.63, 3.8) is 0 Å². The van der Waals surface area contributed by atoms with Crippen LogP contribution in [-0.2, 0) is 27.2 Å². The van der Waals surface area contributed by atoms with Gasteiger partial charge in [0.1, 0.15) is 0 Å². The maximum absolute atomic E-state index is 10.1. The molecule has 0 aliphatic rings. The van der Waals surface area contributed by atoms with Crippen LogP contribution < -0.4 is 5.11 Å². The van der Waals surface area contributed by atoms with Crippen LogP contribution in [0.15, 0.2) is 12.2 Å². The molecule has 0 spiro atoms. The minimum Gasteiger partial charge on any atom is -0.550 e. The smallest absolute Gasteiger partial charge is 0.550 e. The molecule has 2 nitrogen and oxygen atoms in total. The fourth-order valence-electron chi connectivity index (χ4n) is 1.62. The molecule has 0 aliphatic heterocycles. The van der Waals surface area contributed by atoms with Crippen LogP contribution in [0.25, 0.3) is 0 Å². The number of aliphatic carboxylic acids is 1. The van der Waals surface area contributed by atoms with E-state index in [2.05, 4.69) is 19.1 Å². The fraction of sp³-hybridized carbons (Fsp3) is 0.786. The third-order valence-electron chi connectivity index (χ3n) is 2.64. The summed E-state index contributed by atoms with van der Waals surface area (Å²) in [6, 6.07) is 0. The number of rotatable bonds is 11. The molecule has 0 rings (SSSR count). The molecule has 3 heteroatoms. The van der Waals surface area contributed by atoms with E-state index in [1.54, 1.807) is 0 Å². The van der Waals surface area contributed by atoms with E-state index in [1.165, 1.54) is 38.5 Å². The maximum atomic E-state index is 10.1. The van der Waals surface area contributed by atoms with Crippen molar-refractivity contribution in [2.45, 2.75) is 71.1 Å². The molecule has 0 N–H and O–H groups in total. The van der Waals surface area contributed by atoms with Gasteiger partial charge in [-0.2, -0.15) is 0 Å². The Hall–Kier alpha value is -0.0497. The Morgan fingerprint density at radius 1 is 0.941 bits per heavy atom. The van der Waals surface area contributed by atoms with Gasteiger partial charge in [-0.15, -0.1) is 0 Å².